The Kier molecular flexibility index (Phi) is 2.45. The lowest BCUT2D eigenvalue weighted by Crippen LogP contribution is -2.41. The third-order valence-corrected chi connectivity index (χ3v) is 3.88. The quantitative estimate of drug-likeness (QED) is 0.826. The van der Waals surface area contributed by atoms with E-state index in [2.05, 4.69) is 17.4 Å². The molecule has 0 amide bonds. The molecule has 2 aliphatic rings. The van der Waals surface area contributed by atoms with Crippen molar-refractivity contribution in [2.24, 2.45) is 0 Å². The van der Waals surface area contributed by atoms with E-state index < -0.39 is 0 Å². The highest BCUT2D eigenvalue weighted by molar-refractivity contribution is 6.31. The maximum absolute atomic E-state index is 6.18. The predicted octanol–water partition coefficient (Wildman–Crippen LogP) is 3.34. The Morgan fingerprint density at radius 3 is 2.47 bits per heavy atom. The topological polar surface area (TPSA) is 12.0 Å². The van der Waals surface area contributed by atoms with E-state index in [1.807, 2.05) is 12.1 Å². The standard InChI is InChI=1S/C13H16ClN/c14-13-4-2-1-3-12(13)9-7-11(8-9)15-10-5-6-10/h1-4,9-11,15H,5-8H2. The SMILES string of the molecule is Clc1ccccc1C1CC(NC2CC2)C1. The van der Waals surface area contributed by atoms with Gasteiger partial charge in [-0.2, -0.15) is 0 Å². The van der Waals surface area contributed by atoms with Crippen LogP contribution in [0.15, 0.2) is 24.3 Å². The fourth-order valence-corrected chi connectivity index (χ4v) is 2.69. The molecule has 2 saturated carbocycles. The Hall–Kier alpha value is -0.530. The number of halogens is 1. The van der Waals surface area contributed by atoms with Crippen LogP contribution in [0.5, 0.6) is 0 Å². The van der Waals surface area contributed by atoms with Gasteiger partial charge >= 0.3 is 0 Å². The molecule has 0 spiro atoms. The lowest BCUT2D eigenvalue weighted by atomic mass is 9.76. The van der Waals surface area contributed by atoms with E-state index in [1.165, 1.54) is 31.2 Å². The Labute approximate surface area is 95.8 Å². The molecule has 1 N–H and O–H groups in total. The van der Waals surface area contributed by atoms with Gasteiger partial charge in [0.05, 0.1) is 0 Å². The molecule has 0 aromatic heterocycles. The van der Waals surface area contributed by atoms with Crippen LogP contribution in [0.25, 0.3) is 0 Å². The molecular formula is C13H16ClN. The Balaban J connectivity index is 1.59. The van der Waals surface area contributed by atoms with Crippen LogP contribution in [0.1, 0.15) is 37.2 Å². The van der Waals surface area contributed by atoms with E-state index in [-0.39, 0.29) is 0 Å². The van der Waals surface area contributed by atoms with E-state index in [1.54, 1.807) is 0 Å². The van der Waals surface area contributed by atoms with Crippen LogP contribution in [-0.4, -0.2) is 12.1 Å². The van der Waals surface area contributed by atoms with Crippen molar-refractivity contribution in [1.82, 2.24) is 5.32 Å². The fraction of sp³-hybridized carbons (Fsp3) is 0.538. The summed E-state index contributed by atoms with van der Waals surface area (Å²) in [6, 6.07) is 9.84. The zero-order valence-corrected chi connectivity index (χ0v) is 9.50. The van der Waals surface area contributed by atoms with Crippen molar-refractivity contribution < 1.29 is 0 Å². The minimum Gasteiger partial charge on any atom is -0.311 e. The van der Waals surface area contributed by atoms with Gasteiger partial charge in [-0.3, -0.25) is 0 Å². The van der Waals surface area contributed by atoms with Gasteiger partial charge in [-0.25, -0.2) is 0 Å². The molecule has 3 rings (SSSR count). The third-order valence-electron chi connectivity index (χ3n) is 3.53. The van der Waals surface area contributed by atoms with Crippen LogP contribution in [0, 0.1) is 0 Å². The molecule has 2 aliphatic carbocycles. The van der Waals surface area contributed by atoms with E-state index in [9.17, 15) is 0 Å². The zero-order chi connectivity index (χ0) is 10.3. The van der Waals surface area contributed by atoms with Gasteiger partial charge in [0.25, 0.3) is 0 Å². The highest BCUT2D eigenvalue weighted by Gasteiger charge is 2.34. The summed E-state index contributed by atoms with van der Waals surface area (Å²) in [6.45, 7) is 0. The number of nitrogens with one attached hydrogen (secondary N) is 1. The molecule has 1 nitrogen and oxygen atoms in total. The Morgan fingerprint density at radius 1 is 1.07 bits per heavy atom. The first-order valence-corrected chi connectivity index (χ1v) is 6.21. The molecule has 0 saturated heterocycles. The molecule has 1 aromatic carbocycles. The number of rotatable bonds is 3. The minimum atomic E-state index is 0.690. The lowest BCUT2D eigenvalue weighted by Gasteiger charge is -2.37. The van der Waals surface area contributed by atoms with Gasteiger partial charge in [-0.1, -0.05) is 29.8 Å². The minimum absolute atomic E-state index is 0.690. The van der Waals surface area contributed by atoms with Crippen molar-refractivity contribution in [2.45, 2.75) is 43.7 Å². The van der Waals surface area contributed by atoms with Gasteiger partial charge in [0, 0.05) is 17.1 Å². The highest BCUT2D eigenvalue weighted by atomic mass is 35.5. The van der Waals surface area contributed by atoms with E-state index >= 15 is 0 Å². The first-order valence-electron chi connectivity index (χ1n) is 5.83. The monoisotopic (exact) mass is 221 g/mol. The fourth-order valence-electron chi connectivity index (χ4n) is 2.40. The largest absolute Gasteiger partial charge is 0.311 e. The first kappa shape index (κ1) is 9.68. The van der Waals surface area contributed by atoms with Crippen LogP contribution in [0.3, 0.4) is 0 Å². The third kappa shape index (κ3) is 2.04. The van der Waals surface area contributed by atoms with Gasteiger partial charge < -0.3 is 5.32 Å². The van der Waals surface area contributed by atoms with Crippen molar-refractivity contribution in [1.29, 1.82) is 0 Å². The number of benzene rings is 1. The van der Waals surface area contributed by atoms with Crippen molar-refractivity contribution in [2.75, 3.05) is 0 Å². The smallest absolute Gasteiger partial charge is 0.0440 e. The molecule has 0 aliphatic heterocycles. The summed E-state index contributed by atoms with van der Waals surface area (Å²) in [7, 11) is 0. The van der Waals surface area contributed by atoms with Gasteiger partial charge in [-0.15, -0.1) is 0 Å². The number of hydrogen-bond acceptors (Lipinski definition) is 1. The van der Waals surface area contributed by atoms with Crippen molar-refractivity contribution >= 4 is 11.6 Å². The van der Waals surface area contributed by atoms with E-state index in [0.29, 0.717) is 5.92 Å². The maximum Gasteiger partial charge on any atom is 0.0440 e. The molecule has 80 valence electrons. The molecule has 0 bridgehead atoms. The Morgan fingerprint density at radius 2 is 1.80 bits per heavy atom. The molecule has 0 radical (unpaired) electrons. The van der Waals surface area contributed by atoms with Crippen LogP contribution in [0.2, 0.25) is 5.02 Å². The van der Waals surface area contributed by atoms with Crippen LogP contribution in [-0.2, 0) is 0 Å². The molecule has 15 heavy (non-hydrogen) atoms. The van der Waals surface area contributed by atoms with Gasteiger partial charge in [0.1, 0.15) is 0 Å². The van der Waals surface area contributed by atoms with Crippen molar-refractivity contribution in [3.63, 3.8) is 0 Å². The zero-order valence-electron chi connectivity index (χ0n) is 8.75. The molecule has 0 atom stereocenters. The Bertz CT molecular complexity index is 353. The lowest BCUT2D eigenvalue weighted by molar-refractivity contribution is 0.289. The molecule has 2 heteroatoms. The van der Waals surface area contributed by atoms with Crippen LogP contribution < -0.4 is 5.32 Å². The van der Waals surface area contributed by atoms with Crippen LogP contribution >= 0.6 is 11.6 Å². The molecule has 1 aromatic rings. The highest BCUT2D eigenvalue weighted by Crippen LogP contribution is 2.40. The van der Waals surface area contributed by atoms with Crippen LogP contribution in [0.4, 0.5) is 0 Å². The average Bonchev–Trinajstić information content (AvgIpc) is 2.96. The van der Waals surface area contributed by atoms with Gasteiger partial charge in [0.2, 0.25) is 0 Å². The van der Waals surface area contributed by atoms with Gasteiger partial charge in [0.15, 0.2) is 0 Å². The second-order valence-electron chi connectivity index (χ2n) is 4.83. The second-order valence-corrected chi connectivity index (χ2v) is 5.23. The first-order chi connectivity index (χ1) is 7.33. The van der Waals surface area contributed by atoms with Crippen molar-refractivity contribution in [3.8, 4) is 0 Å². The summed E-state index contributed by atoms with van der Waals surface area (Å²) in [6.07, 6.45) is 5.29. The van der Waals surface area contributed by atoms with Gasteiger partial charge in [-0.05, 0) is 43.2 Å². The van der Waals surface area contributed by atoms with E-state index in [4.69, 9.17) is 11.6 Å². The summed E-state index contributed by atoms with van der Waals surface area (Å²) in [4.78, 5) is 0. The predicted molar refractivity (Wildman–Crippen MR) is 63.4 cm³/mol. The molecular weight excluding hydrogens is 206 g/mol. The number of hydrogen-bond donors (Lipinski definition) is 1. The summed E-state index contributed by atoms with van der Waals surface area (Å²) >= 11 is 6.18. The molecule has 2 fully saturated rings. The molecule has 0 heterocycles. The summed E-state index contributed by atoms with van der Waals surface area (Å²) in [5, 5.41) is 4.60. The normalized spacial score (nSPS) is 29.9. The summed E-state index contributed by atoms with van der Waals surface area (Å²) in [5.74, 6) is 0.690. The maximum atomic E-state index is 6.18. The summed E-state index contributed by atoms with van der Waals surface area (Å²) < 4.78 is 0. The van der Waals surface area contributed by atoms with E-state index in [0.717, 1.165) is 17.1 Å². The van der Waals surface area contributed by atoms with Crippen molar-refractivity contribution in [3.05, 3.63) is 34.9 Å². The average molecular weight is 222 g/mol. The second kappa shape index (κ2) is 3.80. The summed E-state index contributed by atoms with van der Waals surface area (Å²) in [5.41, 5.74) is 1.34. The molecule has 0 unspecified atom stereocenters.